The molecule has 2 atom stereocenters. The molecule has 0 aliphatic heterocycles. The van der Waals surface area contributed by atoms with Crippen molar-refractivity contribution in [2.75, 3.05) is 13.2 Å². The zero-order chi connectivity index (χ0) is 20.6. The number of hydrogen-bond acceptors (Lipinski definition) is 3. The lowest BCUT2D eigenvalue weighted by Gasteiger charge is -2.22. The molecule has 156 valence electrons. The van der Waals surface area contributed by atoms with Crippen LogP contribution in [-0.2, 0) is 9.47 Å². The molecule has 0 aliphatic rings. The molecule has 29 heavy (non-hydrogen) atoms. The maximum Gasteiger partial charge on any atom is 0.129 e. The van der Waals surface area contributed by atoms with Crippen molar-refractivity contribution < 1.29 is 9.47 Å². The molecule has 2 rings (SSSR count). The largest absolute Gasteiger partial charge is 0.360 e. The van der Waals surface area contributed by atoms with Crippen LogP contribution in [0.4, 0.5) is 0 Å². The summed E-state index contributed by atoms with van der Waals surface area (Å²) in [4.78, 5) is 0. The summed E-state index contributed by atoms with van der Waals surface area (Å²) in [6.45, 7) is 5.78. The fourth-order valence-electron chi connectivity index (χ4n) is 2.71. The third-order valence-corrected chi connectivity index (χ3v) is 4.45. The number of rotatable bonds is 14. The second-order valence-electron chi connectivity index (χ2n) is 7.00. The van der Waals surface area contributed by atoms with Gasteiger partial charge < -0.3 is 9.47 Å². The minimum Gasteiger partial charge on any atom is -0.360 e. The van der Waals surface area contributed by atoms with Crippen LogP contribution in [0.1, 0.15) is 50.7 Å². The highest BCUT2D eigenvalue weighted by Crippen LogP contribution is 2.08. The zero-order valence-corrected chi connectivity index (χ0v) is 17.8. The predicted octanol–water partition coefficient (Wildman–Crippen LogP) is 6.29. The van der Waals surface area contributed by atoms with Crippen LogP contribution >= 0.6 is 0 Å². The molecule has 0 saturated heterocycles. The summed E-state index contributed by atoms with van der Waals surface area (Å²) in [6.07, 6.45) is 12.2. The molecule has 2 aromatic rings. The quantitative estimate of drug-likeness (QED) is 0.302. The second kappa shape index (κ2) is 14.7. The number of nitrogens with one attached hydrogen (secondary N) is 1. The Kier molecular flexibility index (Phi) is 11.7. The van der Waals surface area contributed by atoms with Crippen molar-refractivity contribution in [3.8, 4) is 0 Å². The van der Waals surface area contributed by atoms with Crippen molar-refractivity contribution >= 4 is 12.2 Å². The lowest BCUT2D eigenvalue weighted by atomic mass is 10.2. The summed E-state index contributed by atoms with van der Waals surface area (Å²) in [7, 11) is 0. The van der Waals surface area contributed by atoms with Gasteiger partial charge >= 0.3 is 0 Å². The fourth-order valence-corrected chi connectivity index (χ4v) is 2.71. The van der Waals surface area contributed by atoms with E-state index in [1.54, 1.807) is 0 Å². The van der Waals surface area contributed by atoms with E-state index in [4.69, 9.17) is 9.47 Å². The van der Waals surface area contributed by atoms with E-state index in [0.717, 1.165) is 50.0 Å². The monoisotopic (exact) mass is 393 g/mol. The van der Waals surface area contributed by atoms with Crippen LogP contribution in [0.3, 0.4) is 0 Å². The fraction of sp³-hybridized carbons (Fsp3) is 0.385. The van der Waals surface area contributed by atoms with Crippen LogP contribution in [0.25, 0.3) is 12.2 Å². The Labute approximate surface area is 176 Å². The van der Waals surface area contributed by atoms with Crippen molar-refractivity contribution in [1.29, 1.82) is 0 Å². The Morgan fingerprint density at radius 1 is 0.690 bits per heavy atom. The summed E-state index contributed by atoms with van der Waals surface area (Å²) < 4.78 is 12.2. The average molecular weight is 394 g/mol. The van der Waals surface area contributed by atoms with Crippen LogP contribution < -0.4 is 5.32 Å². The van der Waals surface area contributed by atoms with Gasteiger partial charge in [0.25, 0.3) is 0 Å². The van der Waals surface area contributed by atoms with E-state index in [2.05, 4.69) is 67.7 Å². The predicted molar refractivity (Wildman–Crippen MR) is 123 cm³/mol. The van der Waals surface area contributed by atoms with E-state index in [0.29, 0.717) is 0 Å². The molecule has 0 amide bonds. The maximum atomic E-state index is 6.08. The van der Waals surface area contributed by atoms with Gasteiger partial charge in [-0.15, -0.1) is 0 Å². The van der Waals surface area contributed by atoms with Gasteiger partial charge in [-0.25, -0.2) is 0 Å². The summed E-state index contributed by atoms with van der Waals surface area (Å²) in [5.74, 6) is 0. The first-order valence-electron chi connectivity index (χ1n) is 10.8. The lowest BCUT2D eigenvalue weighted by molar-refractivity contribution is -0.00801. The maximum absolute atomic E-state index is 6.08. The van der Waals surface area contributed by atoms with E-state index in [1.165, 1.54) is 0 Å². The first kappa shape index (κ1) is 23.1. The molecule has 0 aliphatic carbocycles. The average Bonchev–Trinajstić information content (AvgIpc) is 2.77. The molecule has 0 saturated carbocycles. The molecular formula is C26H35NO2. The third kappa shape index (κ3) is 10.2. The van der Waals surface area contributed by atoms with Crippen molar-refractivity contribution in [3.63, 3.8) is 0 Å². The van der Waals surface area contributed by atoms with Crippen LogP contribution in [0, 0.1) is 0 Å². The smallest absolute Gasteiger partial charge is 0.129 e. The highest BCUT2D eigenvalue weighted by atomic mass is 16.5. The van der Waals surface area contributed by atoms with Gasteiger partial charge in [-0.05, 0) is 36.1 Å². The molecule has 3 nitrogen and oxygen atoms in total. The van der Waals surface area contributed by atoms with Crippen molar-refractivity contribution in [1.82, 2.24) is 5.32 Å². The van der Waals surface area contributed by atoms with E-state index in [1.807, 2.05) is 36.4 Å². The van der Waals surface area contributed by atoms with E-state index in [9.17, 15) is 0 Å². The molecule has 0 bridgehead atoms. The van der Waals surface area contributed by atoms with Gasteiger partial charge in [0.15, 0.2) is 0 Å². The molecule has 0 aromatic heterocycles. The van der Waals surface area contributed by atoms with Crippen LogP contribution in [0.15, 0.2) is 72.8 Å². The lowest BCUT2D eigenvalue weighted by Crippen LogP contribution is -2.39. The van der Waals surface area contributed by atoms with E-state index in [-0.39, 0.29) is 12.5 Å². The third-order valence-electron chi connectivity index (χ3n) is 4.45. The molecular weight excluding hydrogens is 358 g/mol. The Morgan fingerprint density at radius 3 is 1.48 bits per heavy atom. The molecule has 0 radical (unpaired) electrons. The summed E-state index contributed by atoms with van der Waals surface area (Å²) in [6, 6.07) is 20.6. The minimum absolute atomic E-state index is 0.214. The van der Waals surface area contributed by atoms with E-state index >= 15 is 0 Å². The van der Waals surface area contributed by atoms with Gasteiger partial charge in [-0.3, -0.25) is 5.32 Å². The van der Waals surface area contributed by atoms with Crippen molar-refractivity contribution in [3.05, 3.63) is 83.9 Å². The first-order chi connectivity index (χ1) is 14.3. The summed E-state index contributed by atoms with van der Waals surface area (Å²) in [5.41, 5.74) is 2.31. The Morgan fingerprint density at radius 2 is 1.10 bits per heavy atom. The molecule has 1 N–H and O–H groups in total. The Hall–Kier alpha value is -2.20. The number of ether oxygens (including phenoxy) is 2. The molecule has 3 heteroatoms. The van der Waals surface area contributed by atoms with Gasteiger partial charge in [0.05, 0.1) is 0 Å². The van der Waals surface area contributed by atoms with Crippen LogP contribution in [-0.4, -0.2) is 25.7 Å². The molecule has 0 fully saturated rings. The Balaban J connectivity index is 2.06. The highest BCUT2D eigenvalue weighted by Gasteiger charge is 2.12. The molecule has 2 unspecified atom stereocenters. The van der Waals surface area contributed by atoms with Gasteiger partial charge in [0.1, 0.15) is 12.5 Å². The SMILES string of the molecule is CCCCOC(C=Cc1ccccc1)NC(C=Cc1ccccc1)OCCCC. The summed E-state index contributed by atoms with van der Waals surface area (Å²) in [5, 5.41) is 3.49. The van der Waals surface area contributed by atoms with Gasteiger partial charge in [-0.2, -0.15) is 0 Å². The highest BCUT2D eigenvalue weighted by molar-refractivity contribution is 5.50. The van der Waals surface area contributed by atoms with Crippen molar-refractivity contribution in [2.24, 2.45) is 0 Å². The number of benzene rings is 2. The second-order valence-corrected chi connectivity index (χ2v) is 7.00. The van der Waals surface area contributed by atoms with Crippen LogP contribution in [0.2, 0.25) is 0 Å². The normalized spacial score (nSPS) is 13.9. The van der Waals surface area contributed by atoms with Gasteiger partial charge in [-0.1, -0.05) is 99.5 Å². The standard InChI is InChI=1S/C26H35NO2/c1-3-5-21-28-25(19-17-23-13-9-7-10-14-23)27-26(29-22-6-4-2)20-18-24-15-11-8-12-16-24/h7-20,25-27H,3-6,21-22H2,1-2H3. The van der Waals surface area contributed by atoms with Gasteiger partial charge in [0, 0.05) is 13.2 Å². The topological polar surface area (TPSA) is 30.5 Å². The Bertz CT molecular complexity index is 636. The molecule has 0 heterocycles. The van der Waals surface area contributed by atoms with Gasteiger partial charge in [0.2, 0.25) is 0 Å². The molecule has 2 aromatic carbocycles. The first-order valence-corrected chi connectivity index (χ1v) is 10.8. The summed E-state index contributed by atoms with van der Waals surface area (Å²) >= 11 is 0. The molecule has 0 spiro atoms. The minimum atomic E-state index is -0.214. The number of unbranched alkanes of at least 4 members (excludes halogenated alkanes) is 2. The van der Waals surface area contributed by atoms with Crippen LogP contribution in [0.5, 0.6) is 0 Å². The van der Waals surface area contributed by atoms with Crippen molar-refractivity contribution in [2.45, 2.75) is 52.0 Å². The zero-order valence-electron chi connectivity index (χ0n) is 17.8. The van der Waals surface area contributed by atoms with E-state index < -0.39 is 0 Å². The number of hydrogen-bond donors (Lipinski definition) is 1.